The molecule has 0 aliphatic rings. The fourth-order valence-electron chi connectivity index (χ4n) is 5.16. The second-order valence-electron chi connectivity index (χ2n) is 14.1. The summed E-state index contributed by atoms with van der Waals surface area (Å²) in [7, 11) is 0. The molecule has 0 radical (unpaired) electrons. The first-order chi connectivity index (χ1) is 26.1. The van der Waals surface area contributed by atoms with Crippen LogP contribution in [-0.2, 0) is 47.9 Å². The van der Waals surface area contributed by atoms with E-state index in [-0.39, 0.29) is 31.1 Å². The molecule has 0 fully saturated rings. The third-order valence-corrected chi connectivity index (χ3v) is 8.01. The van der Waals surface area contributed by atoms with E-state index in [1.54, 1.807) is 27.7 Å². The van der Waals surface area contributed by atoms with Crippen LogP contribution in [0.15, 0.2) is 0 Å². The Hall–Kier alpha value is -5.38. The summed E-state index contributed by atoms with van der Waals surface area (Å²) in [5.41, 5.74) is 16.3. The van der Waals surface area contributed by atoms with Crippen LogP contribution >= 0.6 is 0 Å². The number of hydrogen-bond acceptors (Lipinski definition) is 12. The van der Waals surface area contributed by atoms with Crippen molar-refractivity contribution in [2.45, 2.75) is 128 Å². The molecule has 0 saturated heterocycles. The lowest BCUT2D eigenvalue weighted by Crippen LogP contribution is -2.59. The van der Waals surface area contributed by atoms with E-state index in [2.05, 4.69) is 31.9 Å². The molecule has 15 N–H and O–H groups in total. The van der Waals surface area contributed by atoms with E-state index in [4.69, 9.17) is 22.3 Å². The van der Waals surface area contributed by atoms with Gasteiger partial charge in [-0.3, -0.25) is 43.2 Å². The molecule has 22 nitrogen and oxygen atoms in total. The van der Waals surface area contributed by atoms with Crippen LogP contribution in [0.25, 0.3) is 0 Å². The van der Waals surface area contributed by atoms with Crippen LogP contribution in [0.3, 0.4) is 0 Å². The van der Waals surface area contributed by atoms with E-state index in [1.807, 2.05) is 0 Å². The molecule has 0 rings (SSSR count). The van der Waals surface area contributed by atoms with Crippen LogP contribution in [-0.4, -0.2) is 124 Å². The lowest BCUT2D eigenvalue weighted by atomic mass is 10.0. The van der Waals surface area contributed by atoms with Gasteiger partial charge >= 0.3 is 17.9 Å². The molecule has 0 unspecified atom stereocenters. The highest BCUT2D eigenvalue weighted by atomic mass is 16.4. The summed E-state index contributed by atoms with van der Waals surface area (Å²) < 4.78 is 0. The molecule has 56 heavy (non-hydrogen) atoms. The van der Waals surface area contributed by atoms with Crippen molar-refractivity contribution in [3.05, 3.63) is 0 Å². The quantitative estimate of drug-likeness (QED) is 0.0331. The van der Waals surface area contributed by atoms with Gasteiger partial charge in [-0.25, -0.2) is 4.79 Å². The monoisotopic (exact) mass is 801 g/mol. The zero-order chi connectivity index (χ0) is 43.1. The summed E-state index contributed by atoms with van der Waals surface area (Å²) in [6.07, 6.45) is -1.57. The molecule has 0 spiro atoms. The van der Waals surface area contributed by atoms with E-state index in [0.717, 1.165) is 0 Å². The average molecular weight is 802 g/mol. The highest BCUT2D eigenvalue weighted by Crippen LogP contribution is 2.10. The maximum absolute atomic E-state index is 13.6. The minimum Gasteiger partial charge on any atom is -0.481 e. The summed E-state index contributed by atoms with van der Waals surface area (Å²) in [5, 5.41) is 41.9. The van der Waals surface area contributed by atoms with Crippen LogP contribution in [0.2, 0.25) is 0 Å². The SMILES string of the molecule is CC(C)C[C@H](NC(=O)[C@H](CCC(=O)O)NC(=O)[C@H](CCC(N)=O)NC(=O)[C@H](CC(C)C)NC(=O)[C@@H](N)CC(=O)O)C(=O)NCC(=O)N[C@@H](CCCCN)C(=O)O. The largest absolute Gasteiger partial charge is 0.481 e. The first kappa shape index (κ1) is 50.6. The van der Waals surface area contributed by atoms with Crippen LogP contribution in [0, 0.1) is 11.8 Å². The first-order valence-electron chi connectivity index (χ1n) is 18.3. The Kier molecular flexibility index (Phi) is 23.9. The molecule has 0 aliphatic carbocycles. The number of carboxylic acid groups (broad SMARTS) is 3. The van der Waals surface area contributed by atoms with Gasteiger partial charge in [-0.2, -0.15) is 0 Å². The lowest BCUT2D eigenvalue weighted by molar-refractivity contribution is -0.142. The van der Waals surface area contributed by atoms with Gasteiger partial charge in [0.15, 0.2) is 0 Å². The zero-order valence-electron chi connectivity index (χ0n) is 32.3. The molecular formula is C34H59N9O13. The zero-order valence-corrected chi connectivity index (χ0v) is 32.3. The van der Waals surface area contributed by atoms with Crippen LogP contribution in [0.5, 0.6) is 0 Å². The van der Waals surface area contributed by atoms with Crippen molar-refractivity contribution in [1.82, 2.24) is 31.9 Å². The van der Waals surface area contributed by atoms with Gasteiger partial charge in [0.25, 0.3) is 0 Å². The topological polar surface area (TPSA) is 382 Å². The van der Waals surface area contributed by atoms with E-state index < -0.39 is 134 Å². The number of hydrogen-bond donors (Lipinski definition) is 12. The third kappa shape index (κ3) is 22.1. The Morgan fingerprint density at radius 2 is 1.02 bits per heavy atom. The molecule has 22 heteroatoms. The van der Waals surface area contributed by atoms with Gasteiger partial charge in [0.1, 0.15) is 30.2 Å². The van der Waals surface area contributed by atoms with Crippen LogP contribution in [0.1, 0.15) is 91.9 Å². The molecule has 7 amide bonds. The number of rotatable bonds is 29. The smallest absolute Gasteiger partial charge is 0.326 e. The minimum atomic E-state index is -1.61. The standard InChI is InChI=1S/C34H59N9O13/c1-17(2)13-23(30(51)38-16-26(45)39-22(34(55)56)7-5-6-12-35)43-32(53)21(9-11-27(46)47)40-31(52)20(8-10-25(37)44)41-33(54)24(14-18(3)4)42-29(50)19(36)15-28(48)49/h17-24H,5-16,35-36H2,1-4H3,(H2,37,44)(H,38,51)(H,39,45)(H,40,52)(H,41,54)(H,42,50)(H,43,53)(H,46,47)(H,48,49)(H,55,56)/t19-,20-,21-,22-,23-,24-/m0/s1. The van der Waals surface area contributed by atoms with Gasteiger partial charge in [0.2, 0.25) is 41.4 Å². The second-order valence-corrected chi connectivity index (χ2v) is 14.1. The number of carbonyl (C=O) groups is 10. The molecule has 318 valence electrons. The Balaban J connectivity index is 6.15. The number of primary amides is 1. The van der Waals surface area contributed by atoms with Gasteiger partial charge < -0.3 is 64.4 Å². The number of nitrogens with one attached hydrogen (secondary N) is 6. The van der Waals surface area contributed by atoms with Crippen LogP contribution < -0.4 is 49.1 Å². The number of carboxylic acids is 3. The average Bonchev–Trinajstić information content (AvgIpc) is 3.08. The van der Waals surface area contributed by atoms with Gasteiger partial charge in [0.05, 0.1) is 19.0 Å². The maximum Gasteiger partial charge on any atom is 0.326 e. The Labute approximate surface area is 324 Å². The van der Waals surface area contributed by atoms with E-state index in [9.17, 15) is 58.2 Å². The predicted octanol–water partition coefficient (Wildman–Crippen LogP) is -3.24. The van der Waals surface area contributed by atoms with Crippen LogP contribution in [0.4, 0.5) is 0 Å². The predicted molar refractivity (Wildman–Crippen MR) is 198 cm³/mol. The molecule has 0 aromatic rings. The molecule has 0 heterocycles. The van der Waals surface area contributed by atoms with Crippen molar-refractivity contribution in [2.75, 3.05) is 13.1 Å². The van der Waals surface area contributed by atoms with Crippen molar-refractivity contribution < 1.29 is 63.3 Å². The third-order valence-electron chi connectivity index (χ3n) is 8.01. The van der Waals surface area contributed by atoms with Crippen molar-refractivity contribution in [2.24, 2.45) is 29.0 Å². The van der Waals surface area contributed by atoms with E-state index >= 15 is 0 Å². The van der Waals surface area contributed by atoms with E-state index in [1.165, 1.54) is 0 Å². The van der Waals surface area contributed by atoms with Crippen molar-refractivity contribution in [3.63, 3.8) is 0 Å². The maximum atomic E-state index is 13.6. The van der Waals surface area contributed by atoms with E-state index in [0.29, 0.717) is 19.4 Å². The second kappa shape index (κ2) is 26.4. The summed E-state index contributed by atoms with van der Waals surface area (Å²) in [4.78, 5) is 124. The number of carbonyl (C=O) groups excluding carboxylic acids is 7. The number of amides is 7. The number of unbranched alkanes of at least 4 members (excludes halogenated alkanes) is 1. The first-order valence-corrected chi connectivity index (χ1v) is 18.3. The Bertz CT molecular complexity index is 1390. The van der Waals surface area contributed by atoms with Crippen molar-refractivity contribution >= 4 is 59.3 Å². The number of nitrogens with two attached hydrogens (primary N) is 3. The molecule has 0 aliphatic heterocycles. The fourth-order valence-corrected chi connectivity index (χ4v) is 5.16. The lowest BCUT2D eigenvalue weighted by Gasteiger charge is -2.27. The molecule has 6 atom stereocenters. The summed E-state index contributed by atoms with van der Waals surface area (Å²) in [6, 6.07) is -8.53. The molecular weight excluding hydrogens is 742 g/mol. The van der Waals surface area contributed by atoms with Crippen molar-refractivity contribution in [3.8, 4) is 0 Å². The molecule has 0 aromatic carbocycles. The molecule has 0 aromatic heterocycles. The Morgan fingerprint density at radius 3 is 1.46 bits per heavy atom. The van der Waals surface area contributed by atoms with Crippen molar-refractivity contribution in [1.29, 1.82) is 0 Å². The fraction of sp³-hybridized carbons (Fsp3) is 0.706. The minimum absolute atomic E-state index is 0.0149. The van der Waals surface area contributed by atoms with Gasteiger partial charge in [-0.15, -0.1) is 0 Å². The number of aliphatic carboxylic acids is 3. The van der Waals surface area contributed by atoms with Gasteiger partial charge in [-0.05, 0) is 63.3 Å². The van der Waals surface area contributed by atoms with Gasteiger partial charge in [-0.1, -0.05) is 27.7 Å². The molecule has 0 saturated carbocycles. The molecule has 0 bridgehead atoms. The van der Waals surface area contributed by atoms with Gasteiger partial charge in [0, 0.05) is 12.8 Å². The summed E-state index contributed by atoms with van der Waals surface area (Å²) in [6.45, 7) is 6.57. The highest BCUT2D eigenvalue weighted by Gasteiger charge is 2.33. The Morgan fingerprint density at radius 1 is 0.554 bits per heavy atom. The normalized spacial score (nSPS) is 14.2. The summed E-state index contributed by atoms with van der Waals surface area (Å²) in [5.74, 6) is -10.8. The summed E-state index contributed by atoms with van der Waals surface area (Å²) >= 11 is 0. The highest BCUT2D eigenvalue weighted by molar-refractivity contribution is 5.97.